The number of ketones is 2. The minimum absolute atomic E-state index is 0.0209. The average Bonchev–Trinajstić information content (AvgIpc) is 3.29. The number of fused-ring (bicyclic) bond motifs is 2. The van der Waals surface area contributed by atoms with Crippen molar-refractivity contribution in [3.05, 3.63) is 58.7 Å². The number of carbonyl (C=O) groups excluding carboxylic acids is 4. The first-order valence-corrected chi connectivity index (χ1v) is 13.0. The summed E-state index contributed by atoms with van der Waals surface area (Å²) in [6, 6.07) is 8.73. The highest BCUT2D eigenvalue weighted by molar-refractivity contribution is 7.22. The van der Waals surface area contributed by atoms with Crippen LogP contribution in [0.15, 0.2) is 42.0 Å². The Labute approximate surface area is 218 Å². The molecule has 0 saturated heterocycles. The van der Waals surface area contributed by atoms with E-state index < -0.39 is 23.5 Å². The summed E-state index contributed by atoms with van der Waals surface area (Å²) in [5.41, 5.74) is 2.03. The molecule has 1 aliphatic rings. The van der Waals surface area contributed by atoms with Crippen LogP contribution >= 0.6 is 11.3 Å². The van der Waals surface area contributed by atoms with E-state index in [4.69, 9.17) is 14.5 Å². The third-order valence-electron chi connectivity index (χ3n) is 5.90. The van der Waals surface area contributed by atoms with Crippen molar-refractivity contribution >= 4 is 50.2 Å². The lowest BCUT2D eigenvalue weighted by atomic mass is 9.87. The van der Waals surface area contributed by atoms with E-state index in [2.05, 4.69) is 0 Å². The second kappa shape index (κ2) is 11.0. The molecule has 1 aliphatic carbocycles. The monoisotopic (exact) mass is 520 g/mol. The average molecular weight is 521 g/mol. The normalized spacial score (nSPS) is 12.8. The Balaban J connectivity index is 1.70. The summed E-state index contributed by atoms with van der Waals surface area (Å²) < 4.78 is 11.9. The van der Waals surface area contributed by atoms with Crippen molar-refractivity contribution in [2.75, 3.05) is 18.5 Å². The van der Waals surface area contributed by atoms with Crippen LogP contribution < -0.4 is 14.4 Å². The van der Waals surface area contributed by atoms with Crippen molar-refractivity contribution in [1.82, 2.24) is 4.98 Å². The number of aryl methyl sites for hydroxylation is 1. The number of benzene rings is 2. The van der Waals surface area contributed by atoms with Crippen LogP contribution in [0.2, 0.25) is 0 Å². The van der Waals surface area contributed by atoms with E-state index in [-0.39, 0.29) is 47.6 Å². The summed E-state index contributed by atoms with van der Waals surface area (Å²) in [4.78, 5) is 57.9. The largest absolute Gasteiger partial charge is 0.426 e. The fraction of sp³-hybridized carbons (Fsp3) is 0.321. The van der Waals surface area contributed by atoms with Crippen molar-refractivity contribution in [3.8, 4) is 11.5 Å². The first-order valence-electron chi connectivity index (χ1n) is 12.2. The summed E-state index contributed by atoms with van der Waals surface area (Å²) in [6.45, 7) is 5.77. The molecule has 3 aromatic rings. The minimum Gasteiger partial charge on any atom is -0.426 e. The molecule has 0 fully saturated rings. The van der Waals surface area contributed by atoms with Crippen molar-refractivity contribution in [1.29, 1.82) is 0 Å². The van der Waals surface area contributed by atoms with Gasteiger partial charge in [0.05, 0.1) is 21.3 Å². The van der Waals surface area contributed by atoms with Gasteiger partial charge in [-0.2, -0.15) is 0 Å². The van der Waals surface area contributed by atoms with Crippen molar-refractivity contribution in [3.63, 3.8) is 0 Å². The molecule has 8 nitrogen and oxygen atoms in total. The van der Waals surface area contributed by atoms with Gasteiger partial charge in [-0.05, 0) is 49.6 Å². The molecule has 1 heterocycles. The molecule has 0 spiro atoms. The van der Waals surface area contributed by atoms with E-state index in [1.54, 1.807) is 11.9 Å². The van der Waals surface area contributed by atoms with E-state index in [1.807, 2.05) is 39.0 Å². The topological polar surface area (TPSA) is 103 Å². The van der Waals surface area contributed by atoms with Crippen LogP contribution in [0, 0.1) is 6.92 Å². The van der Waals surface area contributed by atoms with Gasteiger partial charge in [-0.25, -0.2) is 4.98 Å². The zero-order valence-electron chi connectivity index (χ0n) is 21.3. The Hall–Kier alpha value is -3.85. The van der Waals surface area contributed by atoms with Crippen molar-refractivity contribution < 1.29 is 28.7 Å². The number of aromatic nitrogens is 1. The maximum absolute atomic E-state index is 13.7. The van der Waals surface area contributed by atoms with Gasteiger partial charge in [0, 0.05) is 32.0 Å². The molecular formula is C28H28N2O6S. The van der Waals surface area contributed by atoms with Crippen LogP contribution in [-0.4, -0.2) is 42.1 Å². The summed E-state index contributed by atoms with van der Waals surface area (Å²) in [5, 5.41) is 0.702. The highest BCUT2D eigenvalue weighted by atomic mass is 32.1. The molecule has 0 unspecified atom stereocenters. The fourth-order valence-electron chi connectivity index (χ4n) is 4.10. The van der Waals surface area contributed by atoms with Crippen LogP contribution in [0.3, 0.4) is 0 Å². The number of carbonyl (C=O) groups is 4. The lowest BCUT2D eigenvalue weighted by Gasteiger charge is -2.23. The Kier molecular flexibility index (Phi) is 7.83. The first-order chi connectivity index (χ1) is 17.7. The summed E-state index contributed by atoms with van der Waals surface area (Å²) in [5.74, 6) is -2.03. The number of Topliss-reactive ketones (excluding diaryl/α,β-unsaturated/α-hetero) is 1. The van der Waals surface area contributed by atoms with Crippen LogP contribution in [0.1, 0.15) is 65.8 Å². The quantitative estimate of drug-likeness (QED) is 0.271. The zero-order chi connectivity index (χ0) is 26.7. The van der Waals surface area contributed by atoms with Crippen LogP contribution in [-0.2, 0) is 9.59 Å². The molecule has 0 bridgehead atoms. The predicted molar refractivity (Wildman–Crippen MR) is 142 cm³/mol. The second-order valence-corrected chi connectivity index (χ2v) is 9.91. The molecule has 0 N–H and O–H groups in total. The van der Waals surface area contributed by atoms with Gasteiger partial charge in [-0.1, -0.05) is 37.3 Å². The molecule has 0 radical (unpaired) electrons. The number of esters is 2. The molecule has 0 saturated carbocycles. The molecule has 37 heavy (non-hydrogen) atoms. The van der Waals surface area contributed by atoms with Crippen LogP contribution in [0.4, 0.5) is 5.13 Å². The number of ether oxygens (including phenoxy) is 2. The molecule has 9 heteroatoms. The van der Waals surface area contributed by atoms with E-state index >= 15 is 0 Å². The number of hydrogen-bond acceptors (Lipinski definition) is 9. The SMILES string of the molecule is CCCC(=O)Oc1ccc(OC(=O)CCC)c2c1C(=O)C=C(CN(C)c1nc3c(C)cccc3s1)C2=O. The number of allylic oxidation sites excluding steroid dienone is 1. The van der Waals surface area contributed by atoms with Gasteiger partial charge in [0.1, 0.15) is 11.5 Å². The number of thiazole rings is 1. The number of likely N-dealkylation sites (N-methyl/N-ethyl adjacent to an activating group) is 1. The fourth-order valence-corrected chi connectivity index (χ4v) is 5.10. The highest BCUT2D eigenvalue weighted by Crippen LogP contribution is 2.37. The smallest absolute Gasteiger partial charge is 0.311 e. The number of nitrogens with zero attached hydrogens (tertiary/aromatic N) is 2. The molecule has 0 atom stereocenters. The molecule has 0 amide bonds. The standard InChI is InChI=1S/C28H28N2O6S/c1-5-8-22(32)35-19-12-13-20(36-23(33)9-6-2)25-24(19)18(31)14-17(27(25)34)15-30(4)28-29-26-16(3)10-7-11-21(26)37-28/h7,10-14H,5-6,8-9,15H2,1-4H3. The number of hydrogen-bond donors (Lipinski definition) is 0. The van der Waals surface area contributed by atoms with E-state index in [1.165, 1.54) is 29.5 Å². The maximum Gasteiger partial charge on any atom is 0.311 e. The summed E-state index contributed by atoms with van der Waals surface area (Å²) in [7, 11) is 1.80. The van der Waals surface area contributed by atoms with Crippen LogP contribution in [0.5, 0.6) is 11.5 Å². The van der Waals surface area contributed by atoms with Gasteiger partial charge in [-0.3, -0.25) is 19.2 Å². The Bertz CT molecular complexity index is 1440. The second-order valence-electron chi connectivity index (χ2n) is 8.90. The molecule has 2 aromatic carbocycles. The third kappa shape index (κ3) is 5.46. The summed E-state index contributed by atoms with van der Waals surface area (Å²) >= 11 is 1.49. The lowest BCUT2D eigenvalue weighted by molar-refractivity contribution is -0.135. The highest BCUT2D eigenvalue weighted by Gasteiger charge is 2.34. The Morgan fingerprint density at radius 3 is 2.16 bits per heavy atom. The Morgan fingerprint density at radius 1 is 0.946 bits per heavy atom. The number of anilines is 1. The van der Waals surface area contributed by atoms with Crippen molar-refractivity contribution in [2.24, 2.45) is 0 Å². The van der Waals surface area contributed by atoms with Crippen LogP contribution in [0.25, 0.3) is 10.2 Å². The predicted octanol–water partition coefficient (Wildman–Crippen LogP) is 5.46. The van der Waals surface area contributed by atoms with Crippen molar-refractivity contribution in [2.45, 2.75) is 46.5 Å². The molecule has 1 aromatic heterocycles. The zero-order valence-corrected chi connectivity index (χ0v) is 22.1. The van der Waals surface area contributed by atoms with Gasteiger partial charge < -0.3 is 14.4 Å². The summed E-state index contributed by atoms with van der Waals surface area (Å²) in [6.07, 6.45) is 2.72. The first kappa shape index (κ1) is 26.2. The lowest BCUT2D eigenvalue weighted by Crippen LogP contribution is -2.28. The third-order valence-corrected chi connectivity index (χ3v) is 7.03. The van der Waals surface area contributed by atoms with E-state index in [0.29, 0.717) is 18.0 Å². The molecule has 192 valence electrons. The molecular weight excluding hydrogens is 492 g/mol. The van der Waals surface area contributed by atoms with Gasteiger partial charge in [0.2, 0.25) is 0 Å². The number of para-hydroxylation sites is 1. The minimum atomic E-state index is -0.515. The van der Waals surface area contributed by atoms with Gasteiger partial charge in [-0.15, -0.1) is 0 Å². The van der Waals surface area contributed by atoms with Gasteiger partial charge in [0.15, 0.2) is 16.7 Å². The maximum atomic E-state index is 13.7. The van der Waals surface area contributed by atoms with E-state index in [9.17, 15) is 19.2 Å². The van der Waals surface area contributed by atoms with Gasteiger partial charge in [0.25, 0.3) is 0 Å². The Morgan fingerprint density at radius 2 is 1.57 bits per heavy atom. The molecule has 4 rings (SSSR count). The number of rotatable bonds is 9. The molecule has 0 aliphatic heterocycles. The van der Waals surface area contributed by atoms with Gasteiger partial charge >= 0.3 is 11.9 Å². The van der Waals surface area contributed by atoms with E-state index in [0.717, 1.165) is 15.8 Å².